The van der Waals surface area contributed by atoms with Crippen molar-refractivity contribution in [2.24, 2.45) is 0 Å². The standard InChI is InChI=1S/C24H23OP/c1-15-13-16(2)22(17(3)14-15)23-20-7-5-6-8-21(20)26-24(23)18-9-11-19(25-4)12-10-18/h5-14,26H,1-4H3. The highest BCUT2D eigenvalue weighted by Crippen LogP contribution is 2.49. The van der Waals surface area contributed by atoms with Crippen molar-refractivity contribution < 1.29 is 4.74 Å². The van der Waals surface area contributed by atoms with Gasteiger partial charge in [0.05, 0.1) is 7.11 Å². The predicted molar refractivity (Wildman–Crippen MR) is 115 cm³/mol. The maximum atomic E-state index is 5.34. The van der Waals surface area contributed by atoms with Gasteiger partial charge < -0.3 is 4.74 Å². The van der Waals surface area contributed by atoms with Crippen LogP contribution in [-0.2, 0) is 0 Å². The molecule has 2 heteroatoms. The Hall–Kier alpha value is -2.50. The summed E-state index contributed by atoms with van der Waals surface area (Å²) in [6.45, 7) is 6.64. The molecule has 1 aromatic heterocycles. The first-order valence-electron chi connectivity index (χ1n) is 8.92. The van der Waals surface area contributed by atoms with Gasteiger partial charge in [0.15, 0.2) is 0 Å². The van der Waals surface area contributed by atoms with E-state index in [2.05, 4.69) is 81.4 Å². The Morgan fingerprint density at radius 2 is 1.42 bits per heavy atom. The Balaban J connectivity index is 2.04. The first-order chi connectivity index (χ1) is 12.6. The van der Waals surface area contributed by atoms with Crippen molar-refractivity contribution in [3.63, 3.8) is 0 Å². The van der Waals surface area contributed by atoms with Crippen LogP contribution in [-0.4, -0.2) is 7.11 Å². The lowest BCUT2D eigenvalue weighted by Gasteiger charge is -2.14. The molecule has 1 heterocycles. The maximum absolute atomic E-state index is 5.34. The molecule has 0 amide bonds. The number of methoxy groups -OCH3 is 1. The summed E-state index contributed by atoms with van der Waals surface area (Å²) < 4.78 is 5.34. The fourth-order valence-corrected chi connectivity index (χ4v) is 5.44. The molecule has 0 fully saturated rings. The van der Waals surface area contributed by atoms with Gasteiger partial charge in [0.25, 0.3) is 0 Å². The van der Waals surface area contributed by atoms with Crippen LogP contribution >= 0.6 is 8.19 Å². The van der Waals surface area contributed by atoms with Crippen molar-refractivity contribution in [3.05, 3.63) is 77.4 Å². The molecule has 0 spiro atoms. The van der Waals surface area contributed by atoms with Crippen LogP contribution < -0.4 is 4.74 Å². The average molecular weight is 358 g/mol. The minimum atomic E-state index is 0.680. The van der Waals surface area contributed by atoms with Crippen molar-refractivity contribution >= 4 is 18.7 Å². The molecule has 1 atom stereocenters. The minimum Gasteiger partial charge on any atom is -0.497 e. The quantitative estimate of drug-likeness (QED) is 0.378. The van der Waals surface area contributed by atoms with Gasteiger partial charge in [-0.25, -0.2) is 0 Å². The largest absolute Gasteiger partial charge is 0.497 e. The topological polar surface area (TPSA) is 9.23 Å². The molecule has 0 aliphatic carbocycles. The molecule has 0 aliphatic heterocycles. The summed E-state index contributed by atoms with van der Waals surface area (Å²) in [5, 5.41) is 4.25. The van der Waals surface area contributed by atoms with Crippen LogP contribution in [0.15, 0.2) is 60.7 Å². The summed E-state index contributed by atoms with van der Waals surface area (Å²) >= 11 is 0. The lowest BCUT2D eigenvalue weighted by Crippen LogP contribution is -1.91. The van der Waals surface area contributed by atoms with E-state index in [9.17, 15) is 0 Å². The van der Waals surface area contributed by atoms with Crippen molar-refractivity contribution in [1.29, 1.82) is 0 Å². The summed E-state index contributed by atoms with van der Waals surface area (Å²) in [7, 11) is 2.39. The molecule has 26 heavy (non-hydrogen) atoms. The zero-order chi connectivity index (χ0) is 18.3. The van der Waals surface area contributed by atoms with Gasteiger partial charge in [-0.1, -0.05) is 54.1 Å². The van der Waals surface area contributed by atoms with Gasteiger partial charge in [0, 0.05) is 10.9 Å². The van der Waals surface area contributed by atoms with E-state index < -0.39 is 0 Å². The van der Waals surface area contributed by atoms with Crippen molar-refractivity contribution in [2.75, 3.05) is 7.11 Å². The van der Waals surface area contributed by atoms with Gasteiger partial charge in [-0.05, 0) is 65.7 Å². The van der Waals surface area contributed by atoms with Gasteiger partial charge in [-0.3, -0.25) is 0 Å². The number of ether oxygens (including phenoxy) is 1. The lowest BCUT2D eigenvalue weighted by molar-refractivity contribution is 0.415. The fraction of sp³-hybridized carbons (Fsp3) is 0.167. The maximum Gasteiger partial charge on any atom is 0.118 e. The van der Waals surface area contributed by atoms with Crippen molar-refractivity contribution in [2.45, 2.75) is 20.8 Å². The van der Waals surface area contributed by atoms with Crippen LogP contribution in [0.3, 0.4) is 0 Å². The molecule has 0 aliphatic rings. The zero-order valence-electron chi connectivity index (χ0n) is 15.7. The minimum absolute atomic E-state index is 0.680. The summed E-state index contributed by atoms with van der Waals surface area (Å²) in [5.74, 6) is 0.900. The highest BCUT2D eigenvalue weighted by atomic mass is 31.0. The molecule has 0 bridgehead atoms. The molecule has 130 valence electrons. The van der Waals surface area contributed by atoms with E-state index in [4.69, 9.17) is 4.74 Å². The number of aryl methyl sites for hydroxylation is 3. The van der Waals surface area contributed by atoms with Gasteiger partial charge in [-0.2, -0.15) is 0 Å². The zero-order valence-corrected chi connectivity index (χ0v) is 16.7. The second kappa shape index (κ2) is 6.67. The Morgan fingerprint density at radius 3 is 2.08 bits per heavy atom. The summed E-state index contributed by atoms with van der Waals surface area (Å²) in [6, 6.07) is 21.9. The molecule has 0 radical (unpaired) electrons. The highest BCUT2D eigenvalue weighted by molar-refractivity contribution is 7.41. The molecule has 4 rings (SSSR count). The smallest absolute Gasteiger partial charge is 0.118 e. The van der Waals surface area contributed by atoms with Crippen molar-refractivity contribution in [1.82, 2.24) is 0 Å². The molecule has 0 saturated carbocycles. The summed E-state index contributed by atoms with van der Waals surface area (Å²) in [5.41, 5.74) is 8.10. The molecule has 1 unspecified atom stereocenters. The van der Waals surface area contributed by atoms with Gasteiger partial charge in [0.1, 0.15) is 5.75 Å². The van der Waals surface area contributed by atoms with Crippen LogP contribution in [0.25, 0.3) is 32.5 Å². The van der Waals surface area contributed by atoms with Crippen molar-refractivity contribution in [3.8, 4) is 27.7 Å². The first kappa shape index (κ1) is 16.9. The second-order valence-corrected chi connectivity index (χ2v) is 8.21. The average Bonchev–Trinajstić information content (AvgIpc) is 3.00. The monoisotopic (exact) mass is 358 g/mol. The lowest BCUT2D eigenvalue weighted by atomic mass is 9.90. The molecule has 4 aromatic rings. The van der Waals surface area contributed by atoms with E-state index in [0.29, 0.717) is 8.19 Å². The van der Waals surface area contributed by atoms with E-state index >= 15 is 0 Å². The first-order valence-corrected chi connectivity index (χ1v) is 9.92. The number of hydrogen-bond acceptors (Lipinski definition) is 1. The number of hydrogen-bond donors (Lipinski definition) is 0. The Morgan fingerprint density at radius 1 is 0.769 bits per heavy atom. The van der Waals surface area contributed by atoms with E-state index in [1.807, 2.05) is 0 Å². The fourth-order valence-electron chi connectivity index (χ4n) is 3.95. The third kappa shape index (κ3) is 2.83. The SMILES string of the molecule is COc1ccc(-c2[pH]c3ccccc3c2-c2c(C)cc(C)cc2C)cc1. The normalized spacial score (nSPS) is 11.4. The van der Waals surface area contributed by atoms with Crippen LogP contribution in [0.4, 0.5) is 0 Å². The van der Waals surface area contributed by atoms with Gasteiger partial charge in [-0.15, -0.1) is 8.19 Å². The van der Waals surface area contributed by atoms with E-state index in [0.717, 1.165) is 5.75 Å². The number of fused-ring (bicyclic) bond motifs is 1. The Labute approximate surface area is 156 Å². The molecule has 0 saturated heterocycles. The van der Waals surface area contributed by atoms with Crippen LogP contribution in [0, 0.1) is 20.8 Å². The Bertz CT molecular complexity index is 1060. The van der Waals surface area contributed by atoms with Gasteiger partial charge >= 0.3 is 0 Å². The Kier molecular flexibility index (Phi) is 4.34. The molecule has 0 N–H and O–H groups in total. The molecule has 1 nitrogen and oxygen atoms in total. The van der Waals surface area contributed by atoms with Gasteiger partial charge in [0.2, 0.25) is 0 Å². The molecule has 3 aromatic carbocycles. The summed E-state index contributed by atoms with van der Waals surface area (Å²) in [6.07, 6.45) is 0. The highest BCUT2D eigenvalue weighted by Gasteiger charge is 2.18. The number of rotatable bonds is 3. The van der Waals surface area contributed by atoms with E-state index in [1.165, 1.54) is 49.2 Å². The third-order valence-electron chi connectivity index (χ3n) is 5.01. The third-order valence-corrected chi connectivity index (χ3v) is 6.51. The predicted octanol–water partition coefficient (Wildman–Crippen LogP) is 7.14. The second-order valence-electron chi connectivity index (χ2n) is 6.92. The van der Waals surface area contributed by atoms with E-state index in [-0.39, 0.29) is 0 Å². The summed E-state index contributed by atoms with van der Waals surface area (Å²) in [4.78, 5) is 0. The molecular weight excluding hydrogens is 335 g/mol. The van der Waals surface area contributed by atoms with Crippen LogP contribution in [0.5, 0.6) is 5.75 Å². The number of benzene rings is 3. The van der Waals surface area contributed by atoms with E-state index in [1.54, 1.807) is 7.11 Å². The molecular formula is C24H23OP. The van der Waals surface area contributed by atoms with Crippen LogP contribution in [0.1, 0.15) is 16.7 Å². The van der Waals surface area contributed by atoms with Crippen LogP contribution in [0.2, 0.25) is 0 Å².